The predicted molar refractivity (Wildman–Crippen MR) is 43.8 cm³/mol. The molecule has 0 amide bonds. The van der Waals surface area contributed by atoms with E-state index in [1.807, 2.05) is 0 Å². The summed E-state index contributed by atoms with van der Waals surface area (Å²) in [6.45, 7) is 1.35. The molecule has 64 valence electrons. The van der Waals surface area contributed by atoms with Crippen molar-refractivity contribution < 1.29 is 9.90 Å². The third-order valence-electron chi connectivity index (χ3n) is 0.674. The molecule has 0 bridgehead atoms. The largest absolute Gasteiger partial charge is 0.477 e. The molecule has 0 saturated heterocycles. The van der Waals surface area contributed by atoms with E-state index in [-0.39, 0.29) is 18.1 Å². The molecule has 0 aliphatic heterocycles. The molecule has 11 heavy (non-hydrogen) atoms. The third kappa shape index (κ3) is 6.59. The van der Waals surface area contributed by atoms with Crippen molar-refractivity contribution >= 4 is 30.4 Å². The zero-order valence-corrected chi connectivity index (χ0v) is 6.63. The summed E-state index contributed by atoms with van der Waals surface area (Å²) in [7, 11) is 0. The Morgan fingerprint density at radius 3 is 2.64 bits per heavy atom. The number of rotatable bonds is 3. The SMILES string of the molecule is CC(=NNC=NN)C(=O)O.Cl. The molecule has 0 fully saturated rings. The highest BCUT2D eigenvalue weighted by molar-refractivity contribution is 6.34. The quantitative estimate of drug-likeness (QED) is 0.233. The van der Waals surface area contributed by atoms with Gasteiger partial charge in [-0.05, 0) is 6.92 Å². The fourth-order valence-corrected chi connectivity index (χ4v) is 0.207. The van der Waals surface area contributed by atoms with Crippen LogP contribution >= 0.6 is 12.4 Å². The van der Waals surface area contributed by atoms with Crippen LogP contribution in [0, 0.1) is 0 Å². The maximum atomic E-state index is 10.0. The van der Waals surface area contributed by atoms with Crippen molar-refractivity contribution in [1.29, 1.82) is 0 Å². The number of carbonyl (C=O) groups is 1. The lowest BCUT2D eigenvalue weighted by molar-refractivity contribution is -0.129. The average molecular weight is 181 g/mol. The topological polar surface area (TPSA) is 100 Å². The Balaban J connectivity index is 0. The van der Waals surface area contributed by atoms with Crippen LogP contribution in [0.1, 0.15) is 6.92 Å². The van der Waals surface area contributed by atoms with Crippen molar-refractivity contribution in [2.45, 2.75) is 6.92 Å². The second-order valence-electron chi connectivity index (χ2n) is 1.41. The van der Waals surface area contributed by atoms with Gasteiger partial charge in [-0.3, -0.25) is 5.43 Å². The van der Waals surface area contributed by atoms with Crippen molar-refractivity contribution in [1.82, 2.24) is 5.43 Å². The van der Waals surface area contributed by atoms with E-state index in [4.69, 9.17) is 5.11 Å². The summed E-state index contributed by atoms with van der Waals surface area (Å²) in [5.74, 6) is 3.60. The number of nitrogens with zero attached hydrogens (tertiary/aromatic N) is 2. The van der Waals surface area contributed by atoms with Crippen LogP contribution < -0.4 is 11.3 Å². The molecule has 0 unspecified atom stereocenters. The molecule has 0 aromatic heterocycles. The van der Waals surface area contributed by atoms with Crippen molar-refractivity contribution in [3.05, 3.63) is 0 Å². The molecule has 0 aliphatic rings. The first-order chi connectivity index (χ1) is 4.68. The molecule has 0 aromatic carbocycles. The second-order valence-corrected chi connectivity index (χ2v) is 1.41. The Hall–Kier alpha value is -1.30. The Morgan fingerprint density at radius 2 is 2.27 bits per heavy atom. The summed E-state index contributed by atoms with van der Waals surface area (Å²) in [5, 5.41) is 14.6. The molecule has 0 aromatic rings. The monoisotopic (exact) mass is 180 g/mol. The van der Waals surface area contributed by atoms with Crippen LogP contribution in [0.2, 0.25) is 0 Å². The van der Waals surface area contributed by atoms with Gasteiger partial charge in [0.25, 0.3) is 0 Å². The molecule has 0 aliphatic carbocycles. The highest BCUT2D eigenvalue weighted by Crippen LogP contribution is 1.71. The van der Waals surface area contributed by atoms with Gasteiger partial charge in [0.05, 0.1) is 0 Å². The van der Waals surface area contributed by atoms with E-state index in [0.717, 1.165) is 6.34 Å². The van der Waals surface area contributed by atoms with Gasteiger partial charge in [-0.25, -0.2) is 4.79 Å². The summed E-state index contributed by atoms with van der Waals surface area (Å²) in [6, 6.07) is 0. The molecule has 0 spiro atoms. The standard InChI is InChI=1S/C4H8N4O2.ClH/c1-3(4(9)10)8-7-2-6-5;/h2H,5H2,1H3,(H,6,7)(H,9,10);1H. The average Bonchev–Trinajstić information content (AvgIpc) is 1.88. The lowest BCUT2D eigenvalue weighted by atomic mass is 10.4. The Labute approximate surface area is 69.6 Å². The number of hydrogen-bond acceptors (Lipinski definition) is 4. The Kier molecular flexibility index (Phi) is 7.67. The molecular weight excluding hydrogens is 172 g/mol. The van der Waals surface area contributed by atoms with Crippen molar-refractivity contribution in [2.75, 3.05) is 0 Å². The van der Waals surface area contributed by atoms with E-state index in [0.29, 0.717) is 0 Å². The molecule has 6 nitrogen and oxygen atoms in total. The fourth-order valence-electron chi connectivity index (χ4n) is 0.207. The van der Waals surface area contributed by atoms with Crippen molar-refractivity contribution in [3.63, 3.8) is 0 Å². The zero-order valence-electron chi connectivity index (χ0n) is 5.81. The number of aliphatic carboxylic acids is 1. The highest BCUT2D eigenvalue weighted by Gasteiger charge is 1.98. The van der Waals surface area contributed by atoms with Gasteiger partial charge in [-0.1, -0.05) is 0 Å². The van der Waals surface area contributed by atoms with E-state index in [1.54, 1.807) is 0 Å². The van der Waals surface area contributed by atoms with Crippen LogP contribution in [0.5, 0.6) is 0 Å². The molecule has 4 N–H and O–H groups in total. The molecule has 0 rings (SSSR count). The number of nitrogens with one attached hydrogen (secondary N) is 1. The maximum Gasteiger partial charge on any atom is 0.351 e. The van der Waals surface area contributed by atoms with Crippen LogP contribution in [0.3, 0.4) is 0 Å². The second kappa shape index (κ2) is 6.81. The van der Waals surface area contributed by atoms with E-state index in [2.05, 4.69) is 21.5 Å². The lowest BCUT2D eigenvalue weighted by Crippen LogP contribution is -2.14. The van der Waals surface area contributed by atoms with Gasteiger partial charge in [0.15, 0.2) is 0 Å². The zero-order chi connectivity index (χ0) is 7.98. The van der Waals surface area contributed by atoms with Gasteiger partial charge in [0.2, 0.25) is 0 Å². The number of halogens is 1. The molecule has 0 heterocycles. The Bertz CT molecular complexity index is 179. The minimum absolute atomic E-state index is 0. The van der Waals surface area contributed by atoms with Crippen molar-refractivity contribution in [2.24, 2.45) is 16.0 Å². The first-order valence-corrected chi connectivity index (χ1v) is 2.43. The lowest BCUT2D eigenvalue weighted by Gasteiger charge is -1.89. The van der Waals surface area contributed by atoms with Crippen LogP contribution in [-0.4, -0.2) is 23.1 Å². The smallest absolute Gasteiger partial charge is 0.351 e. The highest BCUT2D eigenvalue weighted by atomic mass is 35.5. The van der Waals surface area contributed by atoms with Crippen LogP contribution in [-0.2, 0) is 4.79 Å². The normalized spacial score (nSPS) is 10.8. The number of hydrogen-bond donors (Lipinski definition) is 3. The van der Waals surface area contributed by atoms with Gasteiger partial charge in [0.1, 0.15) is 12.1 Å². The Morgan fingerprint density at radius 1 is 1.73 bits per heavy atom. The summed E-state index contributed by atoms with van der Waals surface area (Å²) in [6.07, 6.45) is 1.08. The first kappa shape index (κ1) is 12.4. The number of carboxylic acids is 1. The van der Waals surface area contributed by atoms with Gasteiger partial charge in [0, 0.05) is 0 Å². The third-order valence-corrected chi connectivity index (χ3v) is 0.674. The van der Waals surface area contributed by atoms with Gasteiger partial charge in [-0.15, -0.1) is 12.4 Å². The van der Waals surface area contributed by atoms with Crippen LogP contribution in [0.25, 0.3) is 0 Å². The van der Waals surface area contributed by atoms with Gasteiger partial charge in [-0.2, -0.15) is 10.2 Å². The summed E-state index contributed by atoms with van der Waals surface area (Å²) < 4.78 is 0. The molecule has 0 radical (unpaired) electrons. The predicted octanol–water partition coefficient (Wildman–Crippen LogP) is -0.640. The number of carboxylic acid groups (broad SMARTS) is 1. The van der Waals surface area contributed by atoms with E-state index >= 15 is 0 Å². The fraction of sp³-hybridized carbons (Fsp3) is 0.250. The number of hydrazone groups is 2. The molecule has 0 saturated carbocycles. The van der Waals surface area contributed by atoms with E-state index in [9.17, 15) is 4.79 Å². The van der Waals surface area contributed by atoms with Crippen LogP contribution in [0.4, 0.5) is 0 Å². The van der Waals surface area contributed by atoms with E-state index < -0.39 is 5.97 Å². The summed E-state index contributed by atoms with van der Waals surface area (Å²) in [5.41, 5.74) is 2.15. The molecule has 0 atom stereocenters. The van der Waals surface area contributed by atoms with Crippen LogP contribution in [0.15, 0.2) is 10.2 Å². The van der Waals surface area contributed by atoms with Gasteiger partial charge >= 0.3 is 5.97 Å². The van der Waals surface area contributed by atoms with Crippen molar-refractivity contribution in [3.8, 4) is 0 Å². The number of nitrogens with two attached hydrogens (primary N) is 1. The minimum Gasteiger partial charge on any atom is -0.477 e. The summed E-state index contributed by atoms with van der Waals surface area (Å²) in [4.78, 5) is 10.0. The summed E-state index contributed by atoms with van der Waals surface area (Å²) >= 11 is 0. The molecule has 7 heteroatoms. The molecular formula is C4H9ClN4O2. The first-order valence-electron chi connectivity index (χ1n) is 2.43. The minimum atomic E-state index is -1.09. The van der Waals surface area contributed by atoms with Gasteiger partial charge < -0.3 is 10.9 Å². The van der Waals surface area contributed by atoms with E-state index in [1.165, 1.54) is 6.92 Å². The maximum absolute atomic E-state index is 10.0.